The molecule has 0 saturated carbocycles. The van der Waals surface area contributed by atoms with Crippen LogP contribution in [0.1, 0.15) is 29.3 Å². The van der Waals surface area contributed by atoms with Crippen molar-refractivity contribution in [3.05, 3.63) is 70.7 Å². The highest BCUT2D eigenvalue weighted by molar-refractivity contribution is 14.0. The van der Waals surface area contributed by atoms with Gasteiger partial charge >= 0.3 is 0 Å². The molecule has 6 nitrogen and oxygen atoms in total. The van der Waals surface area contributed by atoms with Crippen LogP contribution in [-0.2, 0) is 6.42 Å². The molecule has 1 saturated heterocycles. The monoisotopic (exact) mass is 564 g/mol. The maximum atomic E-state index is 4.43. The Bertz CT molecular complexity index is 940. The summed E-state index contributed by atoms with van der Waals surface area (Å²) in [4.78, 5) is 8.40. The van der Waals surface area contributed by atoms with Gasteiger partial charge in [0.25, 0.3) is 0 Å². The Hall–Kier alpha value is -1.91. The number of piperidine rings is 1. The second-order valence-corrected chi connectivity index (χ2v) is 9.07. The summed E-state index contributed by atoms with van der Waals surface area (Å²) >= 11 is 1.87. The molecular formula is C24H33IN6S. The van der Waals surface area contributed by atoms with Gasteiger partial charge in [-0.05, 0) is 74.0 Å². The lowest BCUT2D eigenvalue weighted by Gasteiger charge is -2.39. The van der Waals surface area contributed by atoms with Gasteiger partial charge in [-0.3, -0.25) is 9.89 Å². The molecule has 0 aliphatic carbocycles. The number of hydrogen-bond donors (Lipinski definition) is 2. The van der Waals surface area contributed by atoms with Crippen LogP contribution >= 0.6 is 35.3 Å². The van der Waals surface area contributed by atoms with Gasteiger partial charge in [-0.25, -0.2) is 4.68 Å². The normalized spacial score (nSPS) is 19.4. The number of guanidine groups is 1. The first-order chi connectivity index (χ1) is 15.2. The zero-order valence-electron chi connectivity index (χ0n) is 18.8. The topological polar surface area (TPSA) is 57.5 Å². The minimum atomic E-state index is 0. The summed E-state index contributed by atoms with van der Waals surface area (Å²) < 4.78 is 1.87. The Labute approximate surface area is 212 Å². The molecule has 2 unspecified atom stereocenters. The van der Waals surface area contributed by atoms with Crippen LogP contribution in [0.3, 0.4) is 0 Å². The van der Waals surface area contributed by atoms with Crippen LogP contribution in [0.15, 0.2) is 65.2 Å². The molecule has 1 aromatic carbocycles. The fourth-order valence-corrected chi connectivity index (χ4v) is 5.38. The predicted molar refractivity (Wildman–Crippen MR) is 144 cm³/mol. The molecule has 2 N–H and O–H groups in total. The van der Waals surface area contributed by atoms with E-state index in [1.165, 1.54) is 29.8 Å². The average Bonchev–Trinajstić information content (AvgIpc) is 3.51. The molecule has 1 aliphatic heterocycles. The molecule has 172 valence electrons. The second-order valence-electron chi connectivity index (χ2n) is 8.09. The molecule has 0 bridgehead atoms. The SMILES string of the molecule is CN=C(NCCc1ccc(-n2cccn2)cc1)NCC1CCCN(C)C1c1cccs1.I. The molecule has 3 heterocycles. The predicted octanol–water partition coefficient (Wildman–Crippen LogP) is 4.34. The Morgan fingerprint density at radius 3 is 2.72 bits per heavy atom. The molecule has 1 fully saturated rings. The summed E-state index contributed by atoms with van der Waals surface area (Å²) in [7, 11) is 4.10. The van der Waals surface area contributed by atoms with Crippen LogP contribution < -0.4 is 10.6 Å². The van der Waals surface area contributed by atoms with Gasteiger partial charge in [0.05, 0.1) is 5.69 Å². The van der Waals surface area contributed by atoms with E-state index in [2.05, 4.69) is 74.5 Å². The van der Waals surface area contributed by atoms with Crippen molar-refractivity contribution in [1.29, 1.82) is 0 Å². The van der Waals surface area contributed by atoms with E-state index in [1.807, 2.05) is 35.3 Å². The van der Waals surface area contributed by atoms with Crippen molar-refractivity contribution in [2.75, 3.05) is 33.7 Å². The fraction of sp³-hybridized carbons (Fsp3) is 0.417. The molecule has 2 atom stereocenters. The average molecular weight is 565 g/mol. The number of aromatic nitrogens is 2. The number of benzene rings is 1. The van der Waals surface area contributed by atoms with E-state index < -0.39 is 0 Å². The number of nitrogens with one attached hydrogen (secondary N) is 2. The van der Waals surface area contributed by atoms with Gasteiger partial charge < -0.3 is 10.6 Å². The summed E-state index contributed by atoms with van der Waals surface area (Å²) in [6.07, 6.45) is 7.21. The molecular weight excluding hydrogens is 531 g/mol. The number of halogens is 1. The van der Waals surface area contributed by atoms with Crippen molar-refractivity contribution in [2.45, 2.75) is 25.3 Å². The Morgan fingerprint density at radius 2 is 2.03 bits per heavy atom. The Balaban J connectivity index is 0.00000289. The fourth-order valence-electron chi connectivity index (χ4n) is 4.39. The number of rotatable bonds is 7. The Kier molecular flexibility index (Phi) is 9.55. The minimum absolute atomic E-state index is 0. The number of aliphatic imine (C=N–C) groups is 1. The minimum Gasteiger partial charge on any atom is -0.356 e. The maximum absolute atomic E-state index is 4.43. The van der Waals surface area contributed by atoms with Crippen LogP contribution in [-0.4, -0.2) is 54.4 Å². The number of thiophene rings is 1. The van der Waals surface area contributed by atoms with Crippen molar-refractivity contribution in [1.82, 2.24) is 25.3 Å². The zero-order valence-corrected chi connectivity index (χ0v) is 21.9. The highest BCUT2D eigenvalue weighted by atomic mass is 127. The van der Waals surface area contributed by atoms with Crippen molar-refractivity contribution in [2.24, 2.45) is 10.9 Å². The molecule has 4 rings (SSSR count). The third-order valence-corrected chi connectivity index (χ3v) is 6.95. The summed E-state index contributed by atoms with van der Waals surface area (Å²) in [5, 5.41) is 13.5. The smallest absolute Gasteiger partial charge is 0.190 e. The van der Waals surface area contributed by atoms with Crippen molar-refractivity contribution in [3.63, 3.8) is 0 Å². The summed E-state index contributed by atoms with van der Waals surface area (Å²) in [5.74, 6) is 1.47. The van der Waals surface area contributed by atoms with Crippen molar-refractivity contribution in [3.8, 4) is 5.69 Å². The first-order valence-corrected chi connectivity index (χ1v) is 11.9. The van der Waals surface area contributed by atoms with Crippen LogP contribution in [0.4, 0.5) is 0 Å². The Morgan fingerprint density at radius 1 is 1.19 bits per heavy atom. The van der Waals surface area contributed by atoms with E-state index in [4.69, 9.17) is 0 Å². The third kappa shape index (κ3) is 6.32. The summed E-state index contributed by atoms with van der Waals surface area (Å²) in [6, 6.07) is 15.4. The van der Waals surface area contributed by atoms with E-state index in [0.717, 1.165) is 31.2 Å². The molecule has 1 aliphatic rings. The van der Waals surface area contributed by atoms with Crippen molar-refractivity contribution >= 4 is 41.3 Å². The van der Waals surface area contributed by atoms with Gasteiger partial charge in [0.2, 0.25) is 0 Å². The van der Waals surface area contributed by atoms with Crippen LogP contribution in [0, 0.1) is 5.92 Å². The van der Waals surface area contributed by atoms with E-state index in [1.54, 1.807) is 6.20 Å². The molecule has 3 aromatic rings. The first-order valence-electron chi connectivity index (χ1n) is 11.0. The molecule has 0 radical (unpaired) electrons. The zero-order chi connectivity index (χ0) is 21.5. The second kappa shape index (κ2) is 12.4. The number of likely N-dealkylation sites (tertiary alicyclic amines) is 1. The first kappa shape index (κ1) is 24.7. The highest BCUT2D eigenvalue weighted by Gasteiger charge is 2.31. The van der Waals surface area contributed by atoms with Crippen molar-refractivity contribution < 1.29 is 0 Å². The summed E-state index contributed by atoms with van der Waals surface area (Å²) in [5.41, 5.74) is 2.38. The van der Waals surface area contributed by atoms with Crippen LogP contribution in [0.5, 0.6) is 0 Å². The summed E-state index contributed by atoms with van der Waals surface area (Å²) in [6.45, 7) is 2.95. The van der Waals surface area contributed by atoms with E-state index >= 15 is 0 Å². The quantitative estimate of drug-likeness (QED) is 0.255. The van der Waals surface area contributed by atoms with Gasteiger partial charge in [-0.1, -0.05) is 18.2 Å². The van der Waals surface area contributed by atoms with E-state index in [0.29, 0.717) is 12.0 Å². The van der Waals surface area contributed by atoms with E-state index in [9.17, 15) is 0 Å². The van der Waals surface area contributed by atoms with Gasteiger partial charge in [0.15, 0.2) is 5.96 Å². The maximum Gasteiger partial charge on any atom is 0.190 e. The third-order valence-electron chi connectivity index (χ3n) is 6.01. The molecule has 8 heteroatoms. The van der Waals surface area contributed by atoms with Gasteiger partial charge in [0, 0.05) is 43.4 Å². The molecule has 0 amide bonds. The van der Waals surface area contributed by atoms with Gasteiger partial charge in [-0.2, -0.15) is 5.10 Å². The molecule has 32 heavy (non-hydrogen) atoms. The van der Waals surface area contributed by atoms with Crippen LogP contribution in [0.2, 0.25) is 0 Å². The lowest BCUT2D eigenvalue weighted by atomic mass is 9.88. The van der Waals surface area contributed by atoms with E-state index in [-0.39, 0.29) is 24.0 Å². The van der Waals surface area contributed by atoms with Gasteiger partial charge in [-0.15, -0.1) is 35.3 Å². The highest BCUT2D eigenvalue weighted by Crippen LogP contribution is 2.36. The number of nitrogens with zero attached hydrogens (tertiary/aromatic N) is 4. The lowest BCUT2D eigenvalue weighted by Crippen LogP contribution is -2.45. The largest absolute Gasteiger partial charge is 0.356 e. The standard InChI is InChI=1S/C24H32N6S.HI/c1-25-24(26-14-12-19-8-10-21(11-9-19)30-16-5-13-28-30)27-18-20-6-3-15-29(2)23(20)22-7-4-17-31-22;/h4-5,7-11,13,16-17,20,23H,3,6,12,14-15,18H2,1-2H3,(H2,25,26,27);1H. The molecule has 2 aromatic heterocycles. The number of hydrogen-bond acceptors (Lipinski definition) is 4. The molecule has 0 spiro atoms. The van der Waals surface area contributed by atoms with Gasteiger partial charge in [0.1, 0.15) is 0 Å². The lowest BCUT2D eigenvalue weighted by molar-refractivity contribution is 0.125. The van der Waals surface area contributed by atoms with Crippen LogP contribution in [0.25, 0.3) is 5.69 Å².